The Kier molecular flexibility index (Phi) is 5.58. The molecule has 2 saturated heterocycles. The first-order chi connectivity index (χ1) is 16.0. The summed E-state index contributed by atoms with van der Waals surface area (Å²) < 4.78 is 11.3. The van der Waals surface area contributed by atoms with E-state index in [1.54, 1.807) is 12.0 Å². The number of fused-ring (bicyclic) bond motifs is 1. The van der Waals surface area contributed by atoms with Crippen molar-refractivity contribution in [3.05, 3.63) is 65.9 Å². The van der Waals surface area contributed by atoms with Crippen LogP contribution in [0, 0.1) is 0 Å². The van der Waals surface area contributed by atoms with Crippen LogP contribution in [0.3, 0.4) is 0 Å². The maximum absolute atomic E-state index is 13.6. The SMILES string of the molecule is CCN1C(=O)N(Cc2cccc(OC)c2)C(=O)C12CCN(Cc1cc3ccccc3o1)CC2. The maximum atomic E-state index is 13.6. The minimum Gasteiger partial charge on any atom is -0.497 e. The summed E-state index contributed by atoms with van der Waals surface area (Å²) in [5.41, 5.74) is 1.02. The van der Waals surface area contributed by atoms with Crippen LogP contribution in [0.2, 0.25) is 0 Å². The van der Waals surface area contributed by atoms with E-state index < -0.39 is 5.54 Å². The first-order valence-corrected chi connectivity index (χ1v) is 11.5. The van der Waals surface area contributed by atoms with Gasteiger partial charge in [-0.15, -0.1) is 0 Å². The Hall–Kier alpha value is -3.32. The van der Waals surface area contributed by atoms with Crippen LogP contribution >= 0.6 is 0 Å². The molecule has 2 aliphatic heterocycles. The zero-order valence-electron chi connectivity index (χ0n) is 19.1. The lowest BCUT2D eigenvalue weighted by Gasteiger charge is -2.41. The largest absolute Gasteiger partial charge is 0.497 e. The Morgan fingerprint density at radius 1 is 1.00 bits per heavy atom. The van der Waals surface area contributed by atoms with Crippen molar-refractivity contribution in [1.82, 2.24) is 14.7 Å². The first-order valence-electron chi connectivity index (χ1n) is 11.5. The third-order valence-corrected chi connectivity index (χ3v) is 6.95. The Morgan fingerprint density at radius 2 is 1.79 bits per heavy atom. The van der Waals surface area contributed by atoms with Gasteiger partial charge in [-0.3, -0.25) is 14.6 Å². The number of carbonyl (C=O) groups is 2. The van der Waals surface area contributed by atoms with E-state index in [2.05, 4.69) is 11.0 Å². The van der Waals surface area contributed by atoms with E-state index in [4.69, 9.17) is 9.15 Å². The monoisotopic (exact) mass is 447 g/mol. The number of urea groups is 1. The second kappa shape index (κ2) is 8.56. The third-order valence-electron chi connectivity index (χ3n) is 6.95. The summed E-state index contributed by atoms with van der Waals surface area (Å²) in [6.07, 6.45) is 1.25. The van der Waals surface area contributed by atoms with Crippen LogP contribution in [0.1, 0.15) is 31.1 Å². The number of likely N-dealkylation sites (tertiary alicyclic amines) is 1. The standard InChI is InChI=1S/C26H29N3O4/c1-3-29-25(31)28(17-19-7-6-9-21(15-19)32-2)24(30)26(29)11-13-27(14-12-26)18-22-16-20-8-4-5-10-23(20)33-22/h4-10,15-16H,3,11-14,17-18H2,1-2H3. The Bertz CT molecular complexity index is 1150. The number of imide groups is 1. The van der Waals surface area contributed by atoms with Crippen LogP contribution in [0.15, 0.2) is 59.0 Å². The average molecular weight is 448 g/mol. The van der Waals surface area contributed by atoms with Gasteiger partial charge in [0.05, 0.1) is 20.2 Å². The number of amides is 3. The lowest BCUT2D eigenvalue weighted by molar-refractivity contribution is -0.136. The van der Waals surface area contributed by atoms with Gasteiger partial charge in [0.1, 0.15) is 22.6 Å². The average Bonchev–Trinajstić information content (AvgIpc) is 3.33. The van der Waals surface area contributed by atoms with Crippen molar-refractivity contribution in [3.8, 4) is 5.75 Å². The van der Waals surface area contributed by atoms with Crippen molar-refractivity contribution >= 4 is 22.9 Å². The highest BCUT2D eigenvalue weighted by atomic mass is 16.5. The van der Waals surface area contributed by atoms with Crippen LogP contribution in [0.5, 0.6) is 5.75 Å². The van der Waals surface area contributed by atoms with E-state index in [9.17, 15) is 9.59 Å². The molecule has 0 bridgehead atoms. The summed E-state index contributed by atoms with van der Waals surface area (Å²) in [5, 5.41) is 1.10. The second-order valence-electron chi connectivity index (χ2n) is 8.83. The van der Waals surface area contributed by atoms with Gasteiger partial charge in [-0.1, -0.05) is 30.3 Å². The van der Waals surface area contributed by atoms with Crippen molar-refractivity contribution in [2.24, 2.45) is 0 Å². The highest BCUT2D eigenvalue weighted by Crippen LogP contribution is 2.38. The van der Waals surface area contributed by atoms with Crippen LogP contribution in [0.25, 0.3) is 11.0 Å². The van der Waals surface area contributed by atoms with Gasteiger partial charge in [0.2, 0.25) is 0 Å². The fraction of sp³-hybridized carbons (Fsp3) is 0.385. The van der Waals surface area contributed by atoms with E-state index >= 15 is 0 Å². The number of para-hydroxylation sites is 1. The maximum Gasteiger partial charge on any atom is 0.327 e. The summed E-state index contributed by atoms with van der Waals surface area (Å²) in [7, 11) is 1.61. The number of benzene rings is 2. The summed E-state index contributed by atoms with van der Waals surface area (Å²) in [6, 6.07) is 17.4. The molecular formula is C26H29N3O4. The Morgan fingerprint density at radius 3 is 2.52 bits per heavy atom. The highest BCUT2D eigenvalue weighted by Gasteiger charge is 2.57. The van der Waals surface area contributed by atoms with Gasteiger partial charge in [0, 0.05) is 25.0 Å². The molecule has 5 rings (SSSR count). The van der Waals surface area contributed by atoms with Crippen LogP contribution < -0.4 is 4.74 Å². The Balaban J connectivity index is 1.30. The number of methoxy groups -OCH3 is 1. The van der Waals surface area contributed by atoms with Crippen molar-refractivity contribution < 1.29 is 18.7 Å². The molecule has 7 heteroatoms. The molecule has 0 radical (unpaired) electrons. The van der Waals surface area contributed by atoms with Crippen LogP contribution in [-0.2, 0) is 17.9 Å². The van der Waals surface area contributed by atoms with Gasteiger partial charge in [0.25, 0.3) is 5.91 Å². The van der Waals surface area contributed by atoms with Crippen LogP contribution in [-0.4, -0.2) is 58.9 Å². The predicted molar refractivity (Wildman–Crippen MR) is 125 cm³/mol. The number of rotatable bonds is 6. The van der Waals surface area contributed by atoms with Crippen LogP contribution in [0.4, 0.5) is 4.79 Å². The minimum absolute atomic E-state index is 0.0828. The lowest BCUT2D eigenvalue weighted by Crippen LogP contribution is -2.56. The van der Waals surface area contributed by atoms with E-state index in [-0.39, 0.29) is 18.5 Å². The molecule has 3 heterocycles. The summed E-state index contributed by atoms with van der Waals surface area (Å²) in [4.78, 5) is 32.3. The molecule has 1 aromatic heterocycles. The van der Waals surface area contributed by atoms with Gasteiger partial charge in [0.15, 0.2) is 0 Å². The summed E-state index contributed by atoms with van der Waals surface area (Å²) >= 11 is 0. The topological polar surface area (TPSA) is 66.2 Å². The number of likely N-dealkylation sites (N-methyl/N-ethyl adjacent to an activating group) is 1. The molecule has 3 amide bonds. The fourth-order valence-corrected chi connectivity index (χ4v) is 5.21. The fourth-order valence-electron chi connectivity index (χ4n) is 5.21. The molecule has 33 heavy (non-hydrogen) atoms. The van der Waals surface area contributed by atoms with Crippen molar-refractivity contribution in [2.75, 3.05) is 26.7 Å². The molecule has 1 spiro atoms. The molecule has 172 valence electrons. The zero-order chi connectivity index (χ0) is 23.0. The minimum atomic E-state index is -0.755. The molecule has 0 unspecified atom stereocenters. The quantitative estimate of drug-likeness (QED) is 0.528. The number of furan rings is 1. The number of carbonyl (C=O) groups excluding carboxylic acids is 2. The number of hydrogen-bond acceptors (Lipinski definition) is 5. The smallest absolute Gasteiger partial charge is 0.327 e. The summed E-state index contributed by atoms with van der Waals surface area (Å²) in [5.74, 6) is 1.56. The molecule has 2 aliphatic rings. The van der Waals surface area contributed by atoms with Gasteiger partial charge >= 0.3 is 6.03 Å². The molecular weight excluding hydrogens is 418 g/mol. The van der Waals surface area contributed by atoms with Gasteiger partial charge in [-0.25, -0.2) is 4.79 Å². The number of ether oxygens (including phenoxy) is 1. The van der Waals surface area contributed by atoms with E-state index in [0.717, 1.165) is 35.4 Å². The second-order valence-corrected chi connectivity index (χ2v) is 8.83. The summed E-state index contributed by atoms with van der Waals surface area (Å²) in [6.45, 7) is 4.90. The normalized spacial score (nSPS) is 18.6. The zero-order valence-corrected chi connectivity index (χ0v) is 19.1. The van der Waals surface area contributed by atoms with E-state index in [1.165, 1.54) is 4.90 Å². The molecule has 0 saturated carbocycles. The molecule has 3 aromatic rings. The third kappa shape index (κ3) is 3.76. The number of piperidine rings is 1. The predicted octanol–water partition coefficient (Wildman–Crippen LogP) is 4.26. The molecule has 0 atom stereocenters. The number of nitrogens with zero attached hydrogens (tertiary/aromatic N) is 3. The Labute approximate surface area is 193 Å². The lowest BCUT2D eigenvalue weighted by atomic mass is 9.85. The van der Waals surface area contributed by atoms with Gasteiger partial charge < -0.3 is 14.1 Å². The van der Waals surface area contributed by atoms with E-state index in [0.29, 0.717) is 31.7 Å². The molecule has 7 nitrogen and oxygen atoms in total. The van der Waals surface area contributed by atoms with Gasteiger partial charge in [-0.2, -0.15) is 0 Å². The molecule has 0 aliphatic carbocycles. The van der Waals surface area contributed by atoms with E-state index in [1.807, 2.05) is 55.5 Å². The molecule has 0 N–H and O–H groups in total. The first kappa shape index (κ1) is 21.5. The molecule has 2 aromatic carbocycles. The van der Waals surface area contributed by atoms with Crippen molar-refractivity contribution in [1.29, 1.82) is 0 Å². The van der Waals surface area contributed by atoms with Crippen molar-refractivity contribution in [3.63, 3.8) is 0 Å². The number of hydrogen-bond donors (Lipinski definition) is 0. The molecule has 2 fully saturated rings. The van der Waals surface area contributed by atoms with Gasteiger partial charge in [-0.05, 0) is 49.6 Å². The highest BCUT2D eigenvalue weighted by molar-refractivity contribution is 6.07. The van der Waals surface area contributed by atoms with Crippen molar-refractivity contribution in [2.45, 2.75) is 38.4 Å².